The van der Waals surface area contributed by atoms with Crippen molar-refractivity contribution in [3.8, 4) is 0 Å². The summed E-state index contributed by atoms with van der Waals surface area (Å²) >= 11 is 0. The van der Waals surface area contributed by atoms with E-state index in [1.807, 2.05) is 11.0 Å². The largest absolute Gasteiger partial charge is 0.376 e. The summed E-state index contributed by atoms with van der Waals surface area (Å²) in [6, 6.07) is 7.41. The monoisotopic (exact) mass is 342 g/mol. The molecule has 1 N–H and O–H groups in total. The van der Waals surface area contributed by atoms with E-state index in [1.165, 1.54) is 18.9 Å². The van der Waals surface area contributed by atoms with Gasteiger partial charge >= 0.3 is 0 Å². The molecule has 1 aliphatic heterocycles. The molecule has 0 aromatic heterocycles. The molecule has 0 spiro atoms. The Kier molecular flexibility index (Phi) is 5.87. The molecule has 2 fully saturated rings. The first-order valence-electron chi connectivity index (χ1n) is 9.13. The number of anilines is 1. The van der Waals surface area contributed by atoms with E-state index in [0.29, 0.717) is 23.8 Å². The van der Waals surface area contributed by atoms with Gasteiger partial charge in [0.05, 0.1) is 6.10 Å². The Labute approximate surface area is 149 Å². The number of hydrogen-bond donors (Lipinski definition) is 1. The molecule has 1 unspecified atom stereocenters. The predicted molar refractivity (Wildman–Crippen MR) is 97.5 cm³/mol. The smallest absolute Gasteiger partial charge is 0.254 e. The lowest BCUT2D eigenvalue weighted by Gasteiger charge is -2.31. The molecule has 3 rings (SSSR count). The standard InChI is InChI=1S/C20H26N2O3/c1-2-19(23)21-16-8-5-7-15(13-16)20(24)22(17-9-3-4-10-17)14-18-11-6-12-25-18/h2,5,7-8,13,17-18H,1,3-4,6,9-12,14H2,(H,21,23). The Balaban J connectivity index is 1.77. The van der Waals surface area contributed by atoms with Crippen LogP contribution in [0.3, 0.4) is 0 Å². The number of hydrogen-bond acceptors (Lipinski definition) is 3. The molecule has 25 heavy (non-hydrogen) atoms. The van der Waals surface area contributed by atoms with E-state index in [1.54, 1.807) is 18.2 Å². The van der Waals surface area contributed by atoms with E-state index in [4.69, 9.17) is 4.74 Å². The lowest BCUT2D eigenvalue weighted by atomic mass is 10.1. The summed E-state index contributed by atoms with van der Waals surface area (Å²) < 4.78 is 5.76. The van der Waals surface area contributed by atoms with Crippen LogP contribution < -0.4 is 5.32 Å². The summed E-state index contributed by atoms with van der Waals surface area (Å²) in [6.45, 7) is 4.90. The average Bonchev–Trinajstić information content (AvgIpc) is 3.33. The third-order valence-corrected chi connectivity index (χ3v) is 5.01. The van der Waals surface area contributed by atoms with E-state index in [-0.39, 0.29) is 17.9 Å². The maximum atomic E-state index is 13.2. The van der Waals surface area contributed by atoms with E-state index >= 15 is 0 Å². The molecule has 5 heteroatoms. The topological polar surface area (TPSA) is 58.6 Å². The molecule has 1 saturated carbocycles. The van der Waals surface area contributed by atoms with Crippen molar-refractivity contribution < 1.29 is 14.3 Å². The van der Waals surface area contributed by atoms with Gasteiger partial charge in [0.1, 0.15) is 0 Å². The van der Waals surface area contributed by atoms with Gasteiger partial charge in [0, 0.05) is 30.4 Å². The van der Waals surface area contributed by atoms with Crippen molar-refractivity contribution in [2.45, 2.75) is 50.7 Å². The van der Waals surface area contributed by atoms with Gasteiger partial charge < -0.3 is 15.0 Å². The molecule has 0 radical (unpaired) electrons. The Morgan fingerprint density at radius 2 is 2.04 bits per heavy atom. The molecule has 1 aromatic carbocycles. The highest BCUT2D eigenvalue weighted by atomic mass is 16.5. The van der Waals surface area contributed by atoms with E-state index in [0.717, 1.165) is 32.3 Å². The van der Waals surface area contributed by atoms with Crippen LogP contribution in [-0.4, -0.2) is 42.0 Å². The van der Waals surface area contributed by atoms with Crippen molar-refractivity contribution in [1.29, 1.82) is 0 Å². The summed E-state index contributed by atoms with van der Waals surface area (Å²) in [5.74, 6) is -0.256. The SMILES string of the molecule is C=CC(=O)Nc1cccc(C(=O)N(CC2CCCO2)C2CCCC2)c1. The number of benzene rings is 1. The second-order valence-electron chi connectivity index (χ2n) is 6.81. The van der Waals surface area contributed by atoms with Crippen LogP contribution in [0.15, 0.2) is 36.9 Å². The minimum atomic E-state index is -0.281. The summed E-state index contributed by atoms with van der Waals surface area (Å²) in [7, 11) is 0. The molecule has 2 amide bonds. The molecule has 134 valence electrons. The summed E-state index contributed by atoms with van der Waals surface area (Å²) in [4.78, 5) is 26.7. The highest BCUT2D eigenvalue weighted by molar-refractivity contribution is 6.00. The van der Waals surface area contributed by atoms with Crippen LogP contribution in [-0.2, 0) is 9.53 Å². The summed E-state index contributed by atoms with van der Waals surface area (Å²) in [5.41, 5.74) is 1.21. The first-order valence-corrected chi connectivity index (χ1v) is 9.13. The zero-order chi connectivity index (χ0) is 17.6. The number of carbonyl (C=O) groups is 2. The molecule has 1 heterocycles. The van der Waals surface area contributed by atoms with Crippen LogP contribution in [0.5, 0.6) is 0 Å². The van der Waals surface area contributed by atoms with Crippen molar-refractivity contribution in [3.63, 3.8) is 0 Å². The number of amides is 2. The Hall–Kier alpha value is -2.14. The Morgan fingerprint density at radius 3 is 2.72 bits per heavy atom. The highest BCUT2D eigenvalue weighted by Crippen LogP contribution is 2.27. The fourth-order valence-electron chi connectivity index (χ4n) is 3.71. The first-order chi connectivity index (χ1) is 12.2. The number of carbonyl (C=O) groups excluding carboxylic acids is 2. The van der Waals surface area contributed by atoms with Gasteiger partial charge in [0.2, 0.25) is 5.91 Å². The van der Waals surface area contributed by atoms with Crippen LogP contribution in [0, 0.1) is 0 Å². The molecular formula is C20H26N2O3. The molecule has 1 saturated heterocycles. The number of nitrogens with zero attached hydrogens (tertiary/aromatic N) is 1. The fraction of sp³-hybridized carbons (Fsp3) is 0.500. The normalized spacial score (nSPS) is 20.4. The van der Waals surface area contributed by atoms with Gasteiger partial charge in [0.25, 0.3) is 5.91 Å². The van der Waals surface area contributed by atoms with Gasteiger partial charge in [-0.25, -0.2) is 0 Å². The Morgan fingerprint density at radius 1 is 1.24 bits per heavy atom. The van der Waals surface area contributed by atoms with Crippen molar-refractivity contribution in [2.24, 2.45) is 0 Å². The second-order valence-corrected chi connectivity index (χ2v) is 6.81. The third-order valence-electron chi connectivity index (χ3n) is 5.01. The van der Waals surface area contributed by atoms with Gasteiger partial charge in [-0.1, -0.05) is 25.5 Å². The third kappa shape index (κ3) is 4.48. The van der Waals surface area contributed by atoms with Gasteiger partial charge in [-0.2, -0.15) is 0 Å². The van der Waals surface area contributed by atoms with Gasteiger partial charge in [0.15, 0.2) is 0 Å². The second kappa shape index (κ2) is 8.30. The molecular weight excluding hydrogens is 316 g/mol. The summed E-state index contributed by atoms with van der Waals surface area (Å²) in [5, 5.41) is 2.72. The number of nitrogens with one attached hydrogen (secondary N) is 1. The lowest BCUT2D eigenvalue weighted by molar-refractivity contribution is -0.111. The zero-order valence-corrected chi connectivity index (χ0v) is 14.6. The van der Waals surface area contributed by atoms with Crippen LogP contribution in [0.4, 0.5) is 5.69 Å². The van der Waals surface area contributed by atoms with Crippen molar-refractivity contribution in [1.82, 2.24) is 4.90 Å². The molecule has 2 aliphatic rings. The van der Waals surface area contributed by atoms with Crippen LogP contribution in [0.2, 0.25) is 0 Å². The van der Waals surface area contributed by atoms with Crippen LogP contribution in [0.25, 0.3) is 0 Å². The summed E-state index contributed by atoms with van der Waals surface area (Å²) in [6.07, 6.45) is 7.93. The quantitative estimate of drug-likeness (QED) is 0.806. The van der Waals surface area contributed by atoms with Gasteiger partial charge in [-0.15, -0.1) is 0 Å². The highest BCUT2D eigenvalue weighted by Gasteiger charge is 2.30. The van der Waals surface area contributed by atoms with E-state index in [9.17, 15) is 9.59 Å². The fourth-order valence-corrected chi connectivity index (χ4v) is 3.71. The van der Waals surface area contributed by atoms with E-state index in [2.05, 4.69) is 11.9 Å². The molecule has 0 bridgehead atoms. The zero-order valence-electron chi connectivity index (χ0n) is 14.6. The molecule has 5 nitrogen and oxygen atoms in total. The minimum Gasteiger partial charge on any atom is -0.376 e. The van der Waals surface area contributed by atoms with Crippen molar-refractivity contribution in [2.75, 3.05) is 18.5 Å². The van der Waals surface area contributed by atoms with Gasteiger partial charge in [-0.3, -0.25) is 9.59 Å². The molecule has 1 atom stereocenters. The van der Waals surface area contributed by atoms with Crippen LogP contribution in [0.1, 0.15) is 48.9 Å². The van der Waals surface area contributed by atoms with Gasteiger partial charge in [-0.05, 0) is 50.0 Å². The van der Waals surface area contributed by atoms with E-state index < -0.39 is 0 Å². The van der Waals surface area contributed by atoms with Crippen molar-refractivity contribution >= 4 is 17.5 Å². The maximum absolute atomic E-state index is 13.2. The predicted octanol–water partition coefficient (Wildman–Crippen LogP) is 3.37. The minimum absolute atomic E-state index is 0.0251. The molecule has 1 aliphatic carbocycles. The first kappa shape index (κ1) is 17.7. The average molecular weight is 342 g/mol. The Bertz CT molecular complexity index is 632. The van der Waals surface area contributed by atoms with Crippen molar-refractivity contribution in [3.05, 3.63) is 42.5 Å². The molecule has 1 aromatic rings. The lowest BCUT2D eigenvalue weighted by Crippen LogP contribution is -2.43. The van der Waals surface area contributed by atoms with Crippen LogP contribution >= 0.6 is 0 Å². The number of rotatable bonds is 6. The number of ether oxygens (including phenoxy) is 1. The maximum Gasteiger partial charge on any atom is 0.254 e.